The number of hydrogen-bond acceptors (Lipinski definition) is 6. The zero-order valence-electron chi connectivity index (χ0n) is 18.4. The van der Waals surface area contributed by atoms with Gasteiger partial charge in [-0.2, -0.15) is 0 Å². The number of carbonyl (C=O) groups is 2. The van der Waals surface area contributed by atoms with E-state index in [1.165, 1.54) is 4.90 Å². The van der Waals surface area contributed by atoms with Gasteiger partial charge in [-0.3, -0.25) is 19.6 Å². The Morgan fingerprint density at radius 1 is 0.971 bits per heavy atom. The zero-order chi connectivity index (χ0) is 24.1. The summed E-state index contributed by atoms with van der Waals surface area (Å²) in [6.45, 7) is -0.0917. The van der Waals surface area contributed by atoms with Crippen LogP contribution in [0.5, 0.6) is 5.75 Å². The molecule has 1 aromatic heterocycles. The van der Waals surface area contributed by atoms with Crippen LogP contribution in [-0.2, 0) is 11.3 Å². The molecule has 0 unspecified atom stereocenters. The molecule has 0 saturated carbocycles. The third-order valence-electron chi connectivity index (χ3n) is 5.30. The van der Waals surface area contributed by atoms with Gasteiger partial charge in [-0.1, -0.05) is 54.6 Å². The van der Waals surface area contributed by atoms with E-state index in [9.17, 15) is 14.4 Å². The van der Waals surface area contributed by atoms with Crippen molar-refractivity contribution < 1.29 is 24.0 Å². The van der Waals surface area contributed by atoms with Crippen LogP contribution in [0.25, 0.3) is 22.3 Å². The number of amides is 2. The highest BCUT2D eigenvalue weighted by molar-refractivity contribution is 5.93. The molecular weight excluding hydrogens is 436 g/mol. The molecule has 0 aliphatic rings. The van der Waals surface area contributed by atoms with Crippen LogP contribution in [0.15, 0.2) is 88.1 Å². The molecule has 2 amide bonds. The van der Waals surface area contributed by atoms with E-state index in [-0.39, 0.29) is 36.0 Å². The van der Waals surface area contributed by atoms with Crippen molar-refractivity contribution in [2.45, 2.75) is 6.54 Å². The van der Waals surface area contributed by atoms with Gasteiger partial charge >= 0.3 is 0 Å². The molecule has 4 rings (SSSR count). The second-order valence-corrected chi connectivity index (χ2v) is 7.63. The minimum atomic E-state index is -0.618. The van der Waals surface area contributed by atoms with Crippen LogP contribution in [0.2, 0.25) is 0 Å². The Hall–Kier alpha value is -4.43. The van der Waals surface area contributed by atoms with Crippen molar-refractivity contribution in [1.29, 1.82) is 0 Å². The Balaban J connectivity index is 1.53. The summed E-state index contributed by atoms with van der Waals surface area (Å²) in [6.07, 6.45) is 0. The summed E-state index contributed by atoms with van der Waals surface area (Å²) in [6, 6.07) is 22.4. The predicted octanol–water partition coefficient (Wildman–Crippen LogP) is 3.62. The van der Waals surface area contributed by atoms with Crippen LogP contribution in [0.1, 0.15) is 15.9 Å². The highest BCUT2D eigenvalue weighted by atomic mass is 16.5. The lowest BCUT2D eigenvalue weighted by Crippen LogP contribution is -2.31. The number of rotatable bonds is 7. The summed E-state index contributed by atoms with van der Waals surface area (Å²) in [5, 5.41) is 9.07. The Kier molecular flexibility index (Phi) is 6.70. The monoisotopic (exact) mass is 458 g/mol. The first-order valence-corrected chi connectivity index (χ1v) is 10.5. The smallest absolute Gasteiger partial charge is 0.274 e. The highest BCUT2D eigenvalue weighted by Crippen LogP contribution is 2.30. The van der Waals surface area contributed by atoms with Crippen LogP contribution in [0.3, 0.4) is 0 Å². The first-order valence-electron chi connectivity index (χ1n) is 10.5. The number of benzene rings is 3. The van der Waals surface area contributed by atoms with E-state index in [0.717, 1.165) is 5.56 Å². The number of carbonyl (C=O) groups excluding carboxylic acids is 2. The predicted molar refractivity (Wildman–Crippen MR) is 126 cm³/mol. The number of likely N-dealkylation sites (N-methyl/N-ethyl adjacent to an activating group) is 1. The van der Waals surface area contributed by atoms with Crippen LogP contribution >= 0.6 is 0 Å². The van der Waals surface area contributed by atoms with Gasteiger partial charge in [-0.25, -0.2) is 5.48 Å². The van der Waals surface area contributed by atoms with E-state index in [1.54, 1.807) is 73.2 Å². The molecule has 34 heavy (non-hydrogen) atoms. The fraction of sp³-hybridized carbons (Fsp3) is 0.115. The summed E-state index contributed by atoms with van der Waals surface area (Å²) >= 11 is 0. The summed E-state index contributed by atoms with van der Waals surface area (Å²) < 4.78 is 11.7. The van der Waals surface area contributed by atoms with Gasteiger partial charge in [0.25, 0.3) is 11.8 Å². The molecule has 172 valence electrons. The fourth-order valence-corrected chi connectivity index (χ4v) is 3.47. The molecule has 8 nitrogen and oxygen atoms in total. The Labute approximate surface area is 195 Å². The number of ether oxygens (including phenoxy) is 1. The van der Waals surface area contributed by atoms with Crippen molar-refractivity contribution in [3.63, 3.8) is 0 Å². The Morgan fingerprint density at radius 2 is 1.65 bits per heavy atom. The molecule has 0 atom stereocenters. The standard InChI is InChI=1S/C26H22N2O6/c1-28(15-17-11-13-19(14-12-17)26(31)27-32)22(29)16-33-25-23(30)20-9-5-6-10-21(20)34-24(25)18-7-3-2-4-8-18/h2-14,32H,15-16H2,1H3,(H,27,31). The maximum Gasteiger partial charge on any atom is 0.274 e. The van der Waals surface area contributed by atoms with E-state index in [1.807, 2.05) is 18.2 Å². The van der Waals surface area contributed by atoms with Crippen molar-refractivity contribution in [3.8, 4) is 17.1 Å². The van der Waals surface area contributed by atoms with Gasteiger partial charge in [0.05, 0.1) is 5.39 Å². The molecule has 1 heterocycles. The molecule has 0 spiro atoms. The normalized spacial score (nSPS) is 10.6. The topological polar surface area (TPSA) is 109 Å². The molecule has 0 fully saturated rings. The average molecular weight is 458 g/mol. The van der Waals surface area contributed by atoms with Crippen LogP contribution in [-0.4, -0.2) is 35.6 Å². The maximum atomic E-state index is 13.1. The van der Waals surface area contributed by atoms with Crippen LogP contribution < -0.4 is 15.6 Å². The quantitative estimate of drug-likeness (QED) is 0.323. The molecular formula is C26H22N2O6. The second-order valence-electron chi connectivity index (χ2n) is 7.63. The first-order chi connectivity index (χ1) is 16.5. The van der Waals surface area contributed by atoms with Crippen LogP contribution in [0, 0.1) is 0 Å². The summed E-state index contributed by atoms with van der Waals surface area (Å²) in [7, 11) is 1.61. The number of nitrogens with zero attached hydrogens (tertiary/aromatic N) is 1. The molecule has 0 bridgehead atoms. The van der Waals surface area contributed by atoms with E-state index in [2.05, 4.69) is 0 Å². The Bertz CT molecular complexity index is 1380. The molecule has 0 aliphatic heterocycles. The summed E-state index contributed by atoms with van der Waals surface area (Å²) in [5.74, 6) is -0.722. The second kappa shape index (κ2) is 10.0. The molecule has 0 aliphatic carbocycles. The van der Waals surface area contributed by atoms with Crippen molar-refractivity contribution in [2.75, 3.05) is 13.7 Å². The van der Waals surface area contributed by atoms with Crippen molar-refractivity contribution in [2.24, 2.45) is 0 Å². The summed E-state index contributed by atoms with van der Waals surface area (Å²) in [5.41, 5.74) is 3.38. The molecule has 0 saturated heterocycles. The van der Waals surface area contributed by atoms with E-state index in [0.29, 0.717) is 22.1 Å². The fourth-order valence-electron chi connectivity index (χ4n) is 3.47. The average Bonchev–Trinajstić information content (AvgIpc) is 2.88. The van der Waals surface area contributed by atoms with Crippen molar-refractivity contribution in [1.82, 2.24) is 10.4 Å². The molecule has 4 aromatic rings. The van der Waals surface area contributed by atoms with Gasteiger partial charge in [0.15, 0.2) is 12.4 Å². The number of nitrogens with one attached hydrogen (secondary N) is 1. The largest absolute Gasteiger partial charge is 0.476 e. The van der Waals surface area contributed by atoms with Crippen molar-refractivity contribution >= 4 is 22.8 Å². The minimum Gasteiger partial charge on any atom is -0.476 e. The number of fused-ring (bicyclic) bond motifs is 1. The third kappa shape index (κ3) is 4.82. The Morgan fingerprint density at radius 3 is 2.35 bits per heavy atom. The van der Waals surface area contributed by atoms with Gasteiger partial charge in [-0.15, -0.1) is 0 Å². The van der Waals surface area contributed by atoms with Gasteiger partial charge in [0.2, 0.25) is 11.2 Å². The lowest BCUT2D eigenvalue weighted by molar-refractivity contribution is -0.132. The zero-order valence-corrected chi connectivity index (χ0v) is 18.4. The van der Waals surface area contributed by atoms with E-state index >= 15 is 0 Å². The van der Waals surface area contributed by atoms with Gasteiger partial charge in [-0.05, 0) is 29.8 Å². The minimum absolute atomic E-state index is 0.0222. The van der Waals surface area contributed by atoms with Gasteiger partial charge < -0.3 is 14.1 Å². The van der Waals surface area contributed by atoms with E-state index < -0.39 is 5.91 Å². The molecule has 2 N–H and O–H groups in total. The molecule has 0 radical (unpaired) electrons. The number of hydroxylamine groups is 1. The molecule has 8 heteroatoms. The maximum absolute atomic E-state index is 13.1. The lowest BCUT2D eigenvalue weighted by Gasteiger charge is -2.18. The third-order valence-corrected chi connectivity index (χ3v) is 5.30. The highest BCUT2D eigenvalue weighted by Gasteiger charge is 2.19. The van der Waals surface area contributed by atoms with Crippen molar-refractivity contribution in [3.05, 3.63) is 100 Å². The number of para-hydroxylation sites is 1. The van der Waals surface area contributed by atoms with Gasteiger partial charge in [0, 0.05) is 24.7 Å². The van der Waals surface area contributed by atoms with E-state index in [4.69, 9.17) is 14.4 Å². The first kappa shape index (κ1) is 22.8. The lowest BCUT2D eigenvalue weighted by atomic mass is 10.1. The molecule has 3 aromatic carbocycles. The summed E-state index contributed by atoms with van der Waals surface area (Å²) in [4.78, 5) is 38.8. The van der Waals surface area contributed by atoms with Gasteiger partial charge in [0.1, 0.15) is 5.58 Å². The SMILES string of the molecule is CN(Cc1ccc(C(=O)NO)cc1)C(=O)COc1c(-c2ccccc2)oc2ccccc2c1=O. The number of hydrogen-bond donors (Lipinski definition) is 2. The van der Waals surface area contributed by atoms with Crippen LogP contribution in [0.4, 0.5) is 0 Å².